The van der Waals surface area contributed by atoms with Crippen LogP contribution in [-0.2, 0) is 0 Å². The molecule has 1 aliphatic carbocycles. The van der Waals surface area contributed by atoms with Gasteiger partial charge in [0.2, 0.25) is 0 Å². The second-order valence-corrected chi connectivity index (χ2v) is 6.72. The molecule has 0 saturated heterocycles. The predicted molar refractivity (Wildman–Crippen MR) is 91.1 cm³/mol. The second kappa shape index (κ2) is 12.4. The van der Waals surface area contributed by atoms with Gasteiger partial charge in [0, 0.05) is 6.54 Å². The molecule has 0 radical (unpaired) electrons. The highest BCUT2D eigenvalue weighted by molar-refractivity contribution is 4.74. The fourth-order valence-corrected chi connectivity index (χ4v) is 3.57. The van der Waals surface area contributed by atoms with E-state index in [2.05, 4.69) is 18.8 Å². The average Bonchev–Trinajstić information content (AvgIpc) is 2.48. The van der Waals surface area contributed by atoms with Crippen LogP contribution in [0.5, 0.6) is 0 Å². The monoisotopic (exact) mass is 279 g/mol. The van der Waals surface area contributed by atoms with Gasteiger partial charge < -0.3 is 5.32 Å². The van der Waals surface area contributed by atoms with Crippen molar-refractivity contribution in [1.29, 1.82) is 0 Å². The Labute approximate surface area is 127 Å². The molecule has 20 heavy (non-hydrogen) atoms. The van der Waals surface area contributed by atoms with Gasteiger partial charge in [-0.2, -0.15) is 0 Å². The van der Waals surface area contributed by atoms with E-state index >= 15 is 0 Å². The van der Waals surface area contributed by atoms with E-state index in [-0.39, 0.29) is 0 Å². The van der Waals surface area contributed by atoms with Gasteiger partial charge in [0.25, 0.3) is 0 Å². The van der Waals surface area contributed by atoms with Crippen molar-refractivity contribution in [2.45, 2.75) is 84.0 Å². The predicted octanol–water partition coefficient (Wildman–Crippen LogP) is 5.71. The lowest BCUT2D eigenvalue weighted by atomic mass is 9.78. The average molecular weight is 280 g/mol. The van der Waals surface area contributed by atoms with Gasteiger partial charge in [0.05, 0.1) is 0 Å². The van der Waals surface area contributed by atoms with E-state index in [0.717, 1.165) is 18.4 Å². The summed E-state index contributed by atoms with van der Waals surface area (Å²) in [6.45, 7) is 8.17. The van der Waals surface area contributed by atoms with Gasteiger partial charge >= 0.3 is 0 Å². The van der Waals surface area contributed by atoms with Gasteiger partial charge in [-0.15, -0.1) is 6.58 Å². The SMILES string of the molecule is C=CCNCCCC1CCC(CCCCCCC)CC1. The van der Waals surface area contributed by atoms with Crippen LogP contribution in [0, 0.1) is 11.8 Å². The summed E-state index contributed by atoms with van der Waals surface area (Å²) in [5, 5.41) is 3.41. The maximum Gasteiger partial charge on any atom is 0.0132 e. The van der Waals surface area contributed by atoms with E-state index in [1.165, 1.54) is 83.6 Å². The second-order valence-electron chi connectivity index (χ2n) is 6.72. The van der Waals surface area contributed by atoms with E-state index in [9.17, 15) is 0 Å². The first-order valence-electron chi connectivity index (χ1n) is 9.18. The molecule has 1 fully saturated rings. The van der Waals surface area contributed by atoms with Crippen LogP contribution in [0.1, 0.15) is 84.0 Å². The van der Waals surface area contributed by atoms with Gasteiger partial charge in [-0.05, 0) is 31.2 Å². The molecule has 0 bridgehead atoms. The van der Waals surface area contributed by atoms with Crippen LogP contribution in [0.25, 0.3) is 0 Å². The van der Waals surface area contributed by atoms with E-state index in [0.29, 0.717) is 0 Å². The van der Waals surface area contributed by atoms with E-state index in [1.807, 2.05) is 6.08 Å². The highest BCUT2D eigenvalue weighted by Gasteiger charge is 2.20. The smallest absolute Gasteiger partial charge is 0.0132 e. The molecule has 118 valence electrons. The molecular formula is C19H37N. The lowest BCUT2D eigenvalue weighted by molar-refractivity contribution is 0.245. The maximum atomic E-state index is 3.73. The van der Waals surface area contributed by atoms with Crippen molar-refractivity contribution >= 4 is 0 Å². The Hall–Kier alpha value is -0.300. The summed E-state index contributed by atoms with van der Waals surface area (Å²) >= 11 is 0. The summed E-state index contributed by atoms with van der Waals surface area (Å²) in [6.07, 6.45) is 19.5. The molecular weight excluding hydrogens is 242 g/mol. The molecule has 0 spiro atoms. The van der Waals surface area contributed by atoms with Crippen molar-refractivity contribution in [3.63, 3.8) is 0 Å². The fraction of sp³-hybridized carbons (Fsp3) is 0.895. The number of nitrogens with one attached hydrogen (secondary N) is 1. The summed E-state index contributed by atoms with van der Waals surface area (Å²) in [5.74, 6) is 2.09. The van der Waals surface area contributed by atoms with Crippen molar-refractivity contribution in [3.8, 4) is 0 Å². The van der Waals surface area contributed by atoms with Crippen LogP contribution in [-0.4, -0.2) is 13.1 Å². The first kappa shape index (κ1) is 17.8. The van der Waals surface area contributed by atoms with Gasteiger partial charge in [-0.3, -0.25) is 0 Å². The Morgan fingerprint density at radius 2 is 1.50 bits per heavy atom. The number of hydrogen-bond donors (Lipinski definition) is 1. The molecule has 0 unspecified atom stereocenters. The molecule has 1 saturated carbocycles. The summed E-state index contributed by atoms with van der Waals surface area (Å²) in [7, 11) is 0. The number of rotatable bonds is 12. The van der Waals surface area contributed by atoms with Gasteiger partial charge in [-0.25, -0.2) is 0 Å². The highest BCUT2D eigenvalue weighted by atomic mass is 14.8. The standard InChI is InChI=1S/C19H37N/c1-3-5-6-7-8-10-18-12-14-19(15-13-18)11-9-17-20-16-4-2/h4,18-20H,2-3,5-17H2,1H3. The summed E-state index contributed by atoms with van der Waals surface area (Å²) in [5.41, 5.74) is 0. The molecule has 1 N–H and O–H groups in total. The van der Waals surface area contributed by atoms with Crippen LogP contribution in [0.2, 0.25) is 0 Å². The van der Waals surface area contributed by atoms with E-state index in [4.69, 9.17) is 0 Å². The Bertz CT molecular complexity index is 216. The molecule has 0 atom stereocenters. The van der Waals surface area contributed by atoms with E-state index in [1.54, 1.807) is 0 Å². The van der Waals surface area contributed by atoms with Crippen molar-refractivity contribution in [2.24, 2.45) is 11.8 Å². The first-order chi connectivity index (χ1) is 9.86. The lowest BCUT2D eigenvalue weighted by Crippen LogP contribution is -2.18. The summed E-state index contributed by atoms with van der Waals surface area (Å²) in [6, 6.07) is 0. The Balaban J connectivity index is 1.92. The minimum Gasteiger partial charge on any atom is -0.313 e. The molecule has 0 heterocycles. The quantitative estimate of drug-likeness (QED) is 0.356. The van der Waals surface area contributed by atoms with Crippen LogP contribution in [0.15, 0.2) is 12.7 Å². The minimum absolute atomic E-state index is 0.963. The van der Waals surface area contributed by atoms with Crippen molar-refractivity contribution in [1.82, 2.24) is 5.32 Å². The largest absolute Gasteiger partial charge is 0.313 e. The highest BCUT2D eigenvalue weighted by Crippen LogP contribution is 2.34. The molecule has 0 amide bonds. The Morgan fingerprint density at radius 1 is 0.900 bits per heavy atom. The molecule has 1 rings (SSSR count). The van der Waals surface area contributed by atoms with Crippen molar-refractivity contribution in [3.05, 3.63) is 12.7 Å². The van der Waals surface area contributed by atoms with Gasteiger partial charge in [0.15, 0.2) is 0 Å². The Kier molecular flexibility index (Phi) is 11.0. The zero-order chi connectivity index (χ0) is 14.5. The van der Waals surface area contributed by atoms with Gasteiger partial charge in [-0.1, -0.05) is 77.2 Å². The van der Waals surface area contributed by atoms with Crippen molar-refractivity contribution in [2.75, 3.05) is 13.1 Å². The molecule has 0 aromatic rings. The summed E-state index contributed by atoms with van der Waals surface area (Å²) in [4.78, 5) is 0. The fourth-order valence-electron chi connectivity index (χ4n) is 3.57. The summed E-state index contributed by atoms with van der Waals surface area (Å²) < 4.78 is 0. The first-order valence-corrected chi connectivity index (χ1v) is 9.18. The number of hydrogen-bond acceptors (Lipinski definition) is 1. The zero-order valence-corrected chi connectivity index (χ0v) is 13.8. The Morgan fingerprint density at radius 3 is 2.10 bits per heavy atom. The third-order valence-corrected chi connectivity index (χ3v) is 4.94. The minimum atomic E-state index is 0.963. The molecule has 0 aromatic heterocycles. The third kappa shape index (κ3) is 8.79. The molecule has 0 aliphatic heterocycles. The van der Waals surface area contributed by atoms with E-state index < -0.39 is 0 Å². The van der Waals surface area contributed by atoms with Crippen LogP contribution < -0.4 is 5.32 Å². The van der Waals surface area contributed by atoms with Crippen LogP contribution >= 0.6 is 0 Å². The lowest BCUT2D eigenvalue weighted by Gasteiger charge is -2.28. The molecule has 1 nitrogen and oxygen atoms in total. The van der Waals surface area contributed by atoms with Crippen molar-refractivity contribution < 1.29 is 0 Å². The molecule has 0 aromatic carbocycles. The topological polar surface area (TPSA) is 12.0 Å². The molecule has 1 heteroatoms. The zero-order valence-electron chi connectivity index (χ0n) is 13.8. The van der Waals surface area contributed by atoms with Crippen LogP contribution in [0.4, 0.5) is 0 Å². The van der Waals surface area contributed by atoms with Gasteiger partial charge in [0.1, 0.15) is 0 Å². The third-order valence-electron chi connectivity index (χ3n) is 4.94. The normalized spacial score (nSPS) is 22.9. The maximum absolute atomic E-state index is 3.73. The number of unbranched alkanes of at least 4 members (excludes halogenated alkanes) is 4. The van der Waals surface area contributed by atoms with Crippen LogP contribution in [0.3, 0.4) is 0 Å². The molecule has 1 aliphatic rings.